The molecule has 0 radical (unpaired) electrons. The molecular formula is C21H19N3O5. The number of para-hydroxylation sites is 1. The van der Waals surface area contributed by atoms with Gasteiger partial charge in [-0.25, -0.2) is 4.79 Å². The third-order valence-corrected chi connectivity index (χ3v) is 4.64. The zero-order valence-corrected chi connectivity index (χ0v) is 15.8. The van der Waals surface area contributed by atoms with E-state index < -0.39 is 10.9 Å². The second kappa shape index (κ2) is 7.75. The Bertz CT molecular complexity index is 1070. The minimum absolute atomic E-state index is 0.000569. The molecular weight excluding hydrogens is 374 g/mol. The molecule has 0 bridgehead atoms. The van der Waals surface area contributed by atoms with Crippen LogP contribution in [0.15, 0.2) is 54.6 Å². The van der Waals surface area contributed by atoms with E-state index in [0.717, 1.165) is 24.2 Å². The summed E-state index contributed by atoms with van der Waals surface area (Å²) in [6, 6.07) is 15.6. The second-order valence-electron chi connectivity index (χ2n) is 6.79. The second-order valence-corrected chi connectivity index (χ2v) is 6.79. The van der Waals surface area contributed by atoms with Crippen LogP contribution < -0.4 is 4.74 Å². The van der Waals surface area contributed by atoms with Crippen LogP contribution in [0.5, 0.6) is 5.75 Å². The number of aromatic nitrogens is 2. The van der Waals surface area contributed by atoms with E-state index in [0.29, 0.717) is 11.3 Å². The van der Waals surface area contributed by atoms with Crippen LogP contribution in [0.4, 0.5) is 5.69 Å². The summed E-state index contributed by atoms with van der Waals surface area (Å²) in [7, 11) is 1.28. The molecule has 0 spiro atoms. The lowest BCUT2D eigenvalue weighted by atomic mass is 10.1. The van der Waals surface area contributed by atoms with Crippen molar-refractivity contribution in [3.05, 3.63) is 76.0 Å². The molecule has 0 N–H and O–H groups in total. The molecule has 148 valence electrons. The molecule has 29 heavy (non-hydrogen) atoms. The van der Waals surface area contributed by atoms with Crippen LogP contribution >= 0.6 is 0 Å². The van der Waals surface area contributed by atoms with Crippen LogP contribution in [-0.2, 0) is 11.3 Å². The molecule has 1 fully saturated rings. The van der Waals surface area contributed by atoms with Crippen molar-refractivity contribution in [1.29, 1.82) is 0 Å². The van der Waals surface area contributed by atoms with E-state index >= 15 is 0 Å². The monoisotopic (exact) mass is 393 g/mol. The highest BCUT2D eigenvalue weighted by atomic mass is 16.6. The fourth-order valence-corrected chi connectivity index (χ4v) is 3.07. The van der Waals surface area contributed by atoms with E-state index in [9.17, 15) is 14.9 Å². The standard InChI is InChI=1S/C21H19N3O5/c1-28-21(25)18-12-20(14-6-4-7-17(11-14)29-16-9-10-16)23(22-18)13-15-5-2-3-8-19(15)24(26)27/h2-8,11-12,16H,9-10,13H2,1H3. The normalized spacial score (nSPS) is 13.1. The Hall–Kier alpha value is -3.68. The van der Waals surface area contributed by atoms with Gasteiger partial charge in [0, 0.05) is 11.6 Å². The Morgan fingerprint density at radius 2 is 2.00 bits per heavy atom. The van der Waals surface area contributed by atoms with E-state index in [1.807, 2.05) is 24.3 Å². The topological polar surface area (TPSA) is 96.5 Å². The van der Waals surface area contributed by atoms with Gasteiger partial charge in [-0.3, -0.25) is 14.8 Å². The molecule has 0 amide bonds. The summed E-state index contributed by atoms with van der Waals surface area (Å²) in [6.45, 7) is 0.136. The van der Waals surface area contributed by atoms with E-state index in [4.69, 9.17) is 9.47 Å². The van der Waals surface area contributed by atoms with Gasteiger partial charge in [-0.1, -0.05) is 30.3 Å². The van der Waals surface area contributed by atoms with Gasteiger partial charge in [0.2, 0.25) is 0 Å². The van der Waals surface area contributed by atoms with E-state index in [1.54, 1.807) is 28.9 Å². The van der Waals surface area contributed by atoms with Crippen LogP contribution in [0.25, 0.3) is 11.3 Å². The SMILES string of the molecule is COC(=O)c1cc(-c2cccc(OC3CC3)c2)n(Cc2ccccc2[N+](=O)[O-])n1. The molecule has 3 aromatic rings. The van der Waals surface area contributed by atoms with Gasteiger partial charge in [0.15, 0.2) is 5.69 Å². The molecule has 1 heterocycles. The summed E-state index contributed by atoms with van der Waals surface area (Å²) in [5.41, 5.74) is 2.06. The minimum Gasteiger partial charge on any atom is -0.490 e. The number of nitrogens with zero attached hydrogens (tertiary/aromatic N) is 3. The maximum Gasteiger partial charge on any atom is 0.358 e. The Morgan fingerprint density at radius 1 is 1.21 bits per heavy atom. The number of hydrogen-bond donors (Lipinski definition) is 0. The van der Waals surface area contributed by atoms with Crippen LogP contribution in [0.1, 0.15) is 28.9 Å². The maximum absolute atomic E-state index is 12.0. The first-order valence-electron chi connectivity index (χ1n) is 9.20. The van der Waals surface area contributed by atoms with Crippen molar-refractivity contribution >= 4 is 11.7 Å². The number of carbonyl (C=O) groups excluding carboxylic acids is 1. The Balaban J connectivity index is 1.74. The van der Waals surface area contributed by atoms with Crippen LogP contribution in [0, 0.1) is 10.1 Å². The van der Waals surface area contributed by atoms with E-state index in [1.165, 1.54) is 13.2 Å². The third kappa shape index (κ3) is 4.11. The van der Waals surface area contributed by atoms with Crippen LogP contribution in [-0.4, -0.2) is 33.9 Å². The van der Waals surface area contributed by atoms with Crippen molar-refractivity contribution in [2.24, 2.45) is 0 Å². The van der Waals surface area contributed by atoms with Gasteiger partial charge < -0.3 is 9.47 Å². The fraction of sp³-hybridized carbons (Fsp3) is 0.238. The van der Waals surface area contributed by atoms with Gasteiger partial charge in [0.05, 0.1) is 35.9 Å². The van der Waals surface area contributed by atoms with Crippen LogP contribution in [0.3, 0.4) is 0 Å². The highest BCUT2D eigenvalue weighted by molar-refractivity contribution is 5.88. The number of nitro benzene ring substituents is 1. The summed E-state index contributed by atoms with van der Waals surface area (Å²) in [4.78, 5) is 23.0. The largest absolute Gasteiger partial charge is 0.490 e. The van der Waals surface area contributed by atoms with Crippen molar-refractivity contribution in [1.82, 2.24) is 9.78 Å². The molecule has 8 nitrogen and oxygen atoms in total. The number of carbonyl (C=O) groups is 1. The van der Waals surface area contributed by atoms with Gasteiger partial charge in [-0.15, -0.1) is 0 Å². The summed E-state index contributed by atoms with van der Waals surface area (Å²) >= 11 is 0. The Kier molecular flexibility index (Phi) is 4.99. The summed E-state index contributed by atoms with van der Waals surface area (Å²) < 4.78 is 12.2. The molecule has 1 aliphatic rings. The molecule has 8 heteroatoms. The molecule has 0 saturated heterocycles. The molecule has 4 rings (SSSR count). The van der Waals surface area contributed by atoms with Crippen molar-refractivity contribution in [3.8, 4) is 17.0 Å². The van der Waals surface area contributed by atoms with Crippen molar-refractivity contribution in [3.63, 3.8) is 0 Å². The van der Waals surface area contributed by atoms with Crippen molar-refractivity contribution in [2.75, 3.05) is 7.11 Å². The van der Waals surface area contributed by atoms with Gasteiger partial charge in [0.1, 0.15) is 5.75 Å². The zero-order valence-electron chi connectivity index (χ0n) is 15.8. The highest BCUT2D eigenvalue weighted by Gasteiger charge is 2.24. The Labute approximate surface area is 166 Å². The predicted octanol–water partition coefficient (Wildman–Crippen LogP) is 3.83. The smallest absolute Gasteiger partial charge is 0.358 e. The average Bonchev–Trinajstić information content (AvgIpc) is 3.44. The first-order chi connectivity index (χ1) is 14.0. The lowest BCUT2D eigenvalue weighted by molar-refractivity contribution is -0.385. The molecule has 0 atom stereocenters. The third-order valence-electron chi connectivity index (χ3n) is 4.64. The summed E-state index contributed by atoms with van der Waals surface area (Å²) in [5, 5.41) is 15.7. The average molecular weight is 393 g/mol. The lowest BCUT2D eigenvalue weighted by Crippen LogP contribution is -2.08. The first kappa shape index (κ1) is 18.7. The van der Waals surface area contributed by atoms with Gasteiger partial charge in [-0.2, -0.15) is 5.10 Å². The summed E-state index contributed by atoms with van der Waals surface area (Å²) in [6.07, 6.45) is 2.35. The van der Waals surface area contributed by atoms with E-state index in [2.05, 4.69) is 5.10 Å². The minimum atomic E-state index is -0.571. The van der Waals surface area contributed by atoms with Crippen molar-refractivity contribution in [2.45, 2.75) is 25.5 Å². The first-order valence-corrected chi connectivity index (χ1v) is 9.20. The predicted molar refractivity (Wildman–Crippen MR) is 105 cm³/mol. The number of hydrogen-bond acceptors (Lipinski definition) is 6. The number of rotatable bonds is 7. The van der Waals surface area contributed by atoms with Crippen LogP contribution in [0.2, 0.25) is 0 Å². The van der Waals surface area contributed by atoms with Gasteiger partial charge in [-0.05, 0) is 31.0 Å². The fourth-order valence-electron chi connectivity index (χ4n) is 3.07. The quantitative estimate of drug-likeness (QED) is 0.344. The summed E-state index contributed by atoms with van der Waals surface area (Å²) in [5.74, 6) is 0.168. The molecule has 0 aliphatic heterocycles. The number of esters is 1. The van der Waals surface area contributed by atoms with Gasteiger partial charge >= 0.3 is 5.97 Å². The van der Waals surface area contributed by atoms with Gasteiger partial charge in [0.25, 0.3) is 5.69 Å². The van der Waals surface area contributed by atoms with Crippen molar-refractivity contribution < 1.29 is 19.2 Å². The number of nitro groups is 1. The highest BCUT2D eigenvalue weighted by Crippen LogP contribution is 2.31. The Morgan fingerprint density at radius 3 is 2.72 bits per heavy atom. The maximum atomic E-state index is 12.0. The number of ether oxygens (including phenoxy) is 2. The molecule has 1 aliphatic carbocycles. The lowest BCUT2D eigenvalue weighted by Gasteiger charge is -2.10. The number of benzene rings is 2. The number of methoxy groups -OCH3 is 1. The molecule has 2 aromatic carbocycles. The zero-order chi connectivity index (χ0) is 20.4. The molecule has 1 saturated carbocycles. The van der Waals surface area contributed by atoms with E-state index in [-0.39, 0.29) is 24.0 Å². The molecule has 0 unspecified atom stereocenters. The molecule has 1 aromatic heterocycles.